The first kappa shape index (κ1) is 28.1. The Morgan fingerprint density at radius 1 is 0.531 bits per heavy atom. The lowest BCUT2D eigenvalue weighted by molar-refractivity contribution is 0.669. The van der Waals surface area contributed by atoms with Crippen LogP contribution in [0.1, 0.15) is 12.0 Å². The molecule has 3 heteroatoms. The second-order valence-corrected chi connectivity index (χ2v) is 13.9. The zero-order chi connectivity index (χ0) is 32.3. The minimum absolute atomic E-state index is 0.107. The van der Waals surface area contributed by atoms with Crippen LogP contribution in [-0.4, -0.2) is 6.04 Å². The molecule has 232 valence electrons. The van der Waals surface area contributed by atoms with Gasteiger partial charge in [-0.15, -0.1) is 11.3 Å². The van der Waals surface area contributed by atoms with Crippen LogP contribution in [0.3, 0.4) is 0 Å². The van der Waals surface area contributed by atoms with Crippen LogP contribution in [-0.2, 0) is 0 Å². The van der Waals surface area contributed by atoms with Crippen LogP contribution in [0.25, 0.3) is 69.6 Å². The number of anilines is 2. The third-order valence-electron chi connectivity index (χ3n) is 9.97. The van der Waals surface area contributed by atoms with E-state index in [0.717, 1.165) is 34.0 Å². The molecule has 0 spiro atoms. The lowest BCUT2D eigenvalue weighted by Crippen LogP contribution is -2.30. The number of hydrogen-bond acceptors (Lipinski definition) is 3. The van der Waals surface area contributed by atoms with Gasteiger partial charge in [0.15, 0.2) is 0 Å². The predicted octanol–water partition coefficient (Wildman–Crippen LogP) is 13.3. The van der Waals surface area contributed by atoms with Crippen LogP contribution in [0.2, 0.25) is 0 Å². The van der Waals surface area contributed by atoms with E-state index in [1.165, 1.54) is 58.9 Å². The minimum atomic E-state index is 0.107. The quantitative estimate of drug-likeness (QED) is 0.185. The van der Waals surface area contributed by atoms with E-state index >= 15 is 0 Å². The number of nitrogens with zero attached hydrogens (tertiary/aromatic N) is 1. The number of allylic oxidation sites excluding steroid dienone is 2. The molecule has 2 aromatic heterocycles. The fourth-order valence-corrected chi connectivity index (χ4v) is 8.79. The molecular weight excluding hydrogens is 615 g/mol. The van der Waals surface area contributed by atoms with Crippen molar-refractivity contribution in [2.45, 2.75) is 12.5 Å². The molecule has 0 N–H and O–H groups in total. The number of rotatable bonds is 5. The number of para-hydroxylation sites is 1. The summed E-state index contributed by atoms with van der Waals surface area (Å²) in [5.74, 6) is 0. The van der Waals surface area contributed by atoms with Crippen molar-refractivity contribution in [3.63, 3.8) is 0 Å². The first-order chi connectivity index (χ1) is 24.3. The SMILES string of the molecule is C1=CC(N(c2cccc3oc4ccccc4c23)c2cccc3sc4ccccc4c23)CC=C1c1cccc(-c2ccc3ccccc3c2)c1. The third-order valence-corrected chi connectivity index (χ3v) is 11.1. The first-order valence-electron chi connectivity index (χ1n) is 16.9. The van der Waals surface area contributed by atoms with Crippen molar-refractivity contribution in [2.75, 3.05) is 4.90 Å². The van der Waals surface area contributed by atoms with Gasteiger partial charge < -0.3 is 9.32 Å². The summed E-state index contributed by atoms with van der Waals surface area (Å²) in [4.78, 5) is 2.56. The Bertz CT molecular complexity index is 2670. The van der Waals surface area contributed by atoms with E-state index in [9.17, 15) is 0 Å². The molecule has 1 atom stereocenters. The standard InChI is InChI=1S/C46H31NOS/c1-2-11-32-29-35(23-22-30(32)10-1)34-13-7-12-33(28-34)31-24-26-36(27-25-31)47(39-16-8-19-42-45(39)37-14-3-5-18-41(37)48-42)40-17-9-21-44-46(40)38-15-4-6-20-43(38)49-44/h1-26,28-29,36H,27H2. The van der Waals surface area contributed by atoms with Crippen LogP contribution < -0.4 is 4.90 Å². The Kier molecular flexibility index (Phi) is 6.53. The number of furan rings is 1. The highest BCUT2D eigenvalue weighted by atomic mass is 32.1. The largest absolute Gasteiger partial charge is 0.456 e. The highest BCUT2D eigenvalue weighted by Gasteiger charge is 2.26. The Morgan fingerprint density at radius 3 is 2.12 bits per heavy atom. The fraction of sp³-hybridized carbons (Fsp3) is 0.0435. The van der Waals surface area contributed by atoms with Gasteiger partial charge in [0.2, 0.25) is 0 Å². The number of fused-ring (bicyclic) bond motifs is 7. The lowest BCUT2D eigenvalue weighted by atomic mass is 9.92. The van der Waals surface area contributed by atoms with Gasteiger partial charge in [-0.25, -0.2) is 0 Å². The molecule has 9 aromatic rings. The molecule has 49 heavy (non-hydrogen) atoms. The molecular formula is C46H31NOS. The predicted molar refractivity (Wildman–Crippen MR) is 210 cm³/mol. The zero-order valence-electron chi connectivity index (χ0n) is 26.7. The molecule has 2 nitrogen and oxygen atoms in total. The normalized spacial score (nSPS) is 14.7. The topological polar surface area (TPSA) is 16.4 Å². The Labute approximate surface area is 288 Å². The second-order valence-electron chi connectivity index (χ2n) is 12.8. The second kappa shape index (κ2) is 11.4. The van der Waals surface area contributed by atoms with Gasteiger partial charge >= 0.3 is 0 Å². The van der Waals surface area contributed by atoms with E-state index in [2.05, 4.69) is 169 Å². The Balaban J connectivity index is 1.09. The Morgan fingerprint density at radius 2 is 1.22 bits per heavy atom. The summed E-state index contributed by atoms with van der Waals surface area (Å²) in [6.45, 7) is 0. The van der Waals surface area contributed by atoms with Crippen LogP contribution in [0.4, 0.5) is 11.4 Å². The molecule has 0 bridgehead atoms. The molecule has 0 fully saturated rings. The summed E-state index contributed by atoms with van der Waals surface area (Å²) in [5.41, 5.74) is 9.17. The van der Waals surface area contributed by atoms with Crippen molar-refractivity contribution in [3.8, 4) is 11.1 Å². The van der Waals surface area contributed by atoms with Crippen molar-refractivity contribution in [2.24, 2.45) is 0 Å². The van der Waals surface area contributed by atoms with Crippen LogP contribution in [0.5, 0.6) is 0 Å². The van der Waals surface area contributed by atoms with Gasteiger partial charge in [-0.2, -0.15) is 0 Å². The number of hydrogen-bond donors (Lipinski definition) is 0. The maximum atomic E-state index is 6.40. The first-order valence-corrected chi connectivity index (χ1v) is 17.7. The molecule has 0 aliphatic heterocycles. The minimum Gasteiger partial charge on any atom is -0.456 e. The molecule has 7 aromatic carbocycles. The van der Waals surface area contributed by atoms with E-state index in [1.54, 1.807) is 0 Å². The van der Waals surface area contributed by atoms with Crippen molar-refractivity contribution < 1.29 is 4.42 Å². The van der Waals surface area contributed by atoms with E-state index in [0.29, 0.717) is 0 Å². The van der Waals surface area contributed by atoms with Crippen LogP contribution >= 0.6 is 11.3 Å². The molecule has 0 saturated carbocycles. The maximum absolute atomic E-state index is 6.40. The number of thiophene rings is 1. The van der Waals surface area contributed by atoms with Crippen molar-refractivity contribution in [1.29, 1.82) is 0 Å². The number of benzene rings is 7. The molecule has 2 heterocycles. The summed E-state index contributed by atoms with van der Waals surface area (Å²) in [6, 6.07) is 54.8. The fourth-order valence-electron chi connectivity index (χ4n) is 7.66. The monoisotopic (exact) mass is 645 g/mol. The zero-order valence-corrected chi connectivity index (χ0v) is 27.5. The summed E-state index contributed by atoms with van der Waals surface area (Å²) >= 11 is 1.87. The van der Waals surface area contributed by atoms with Gasteiger partial charge in [-0.3, -0.25) is 0 Å². The van der Waals surface area contributed by atoms with E-state index in [-0.39, 0.29) is 6.04 Å². The average Bonchev–Trinajstić information content (AvgIpc) is 3.74. The lowest BCUT2D eigenvalue weighted by Gasteiger charge is -2.34. The van der Waals surface area contributed by atoms with Crippen molar-refractivity contribution >= 4 is 81.2 Å². The molecule has 0 amide bonds. The van der Waals surface area contributed by atoms with Gasteiger partial charge in [0.25, 0.3) is 0 Å². The van der Waals surface area contributed by atoms with E-state index < -0.39 is 0 Å². The molecule has 1 aliphatic carbocycles. The van der Waals surface area contributed by atoms with Crippen LogP contribution in [0, 0.1) is 0 Å². The van der Waals surface area contributed by atoms with Gasteiger partial charge in [-0.1, -0.05) is 121 Å². The van der Waals surface area contributed by atoms with Crippen molar-refractivity contribution in [3.05, 3.63) is 175 Å². The van der Waals surface area contributed by atoms with Gasteiger partial charge in [0.1, 0.15) is 11.2 Å². The molecule has 0 saturated heterocycles. The molecule has 0 radical (unpaired) electrons. The third kappa shape index (κ3) is 4.69. The maximum Gasteiger partial charge on any atom is 0.137 e. The van der Waals surface area contributed by atoms with Crippen LogP contribution in [0.15, 0.2) is 174 Å². The average molecular weight is 646 g/mol. The highest BCUT2D eigenvalue weighted by Crippen LogP contribution is 2.46. The van der Waals surface area contributed by atoms with Gasteiger partial charge in [-0.05, 0) is 88.0 Å². The molecule has 10 rings (SSSR count). The van der Waals surface area contributed by atoms with Gasteiger partial charge in [0, 0.05) is 25.6 Å². The van der Waals surface area contributed by atoms with Crippen molar-refractivity contribution in [1.82, 2.24) is 0 Å². The summed E-state index contributed by atoms with van der Waals surface area (Å²) < 4.78 is 9.01. The summed E-state index contributed by atoms with van der Waals surface area (Å²) in [5, 5.41) is 7.43. The van der Waals surface area contributed by atoms with E-state index in [4.69, 9.17) is 4.42 Å². The van der Waals surface area contributed by atoms with Gasteiger partial charge in [0.05, 0.1) is 22.8 Å². The molecule has 1 unspecified atom stereocenters. The summed E-state index contributed by atoms with van der Waals surface area (Å²) in [6.07, 6.45) is 8.00. The smallest absolute Gasteiger partial charge is 0.137 e. The molecule has 1 aliphatic rings. The summed E-state index contributed by atoms with van der Waals surface area (Å²) in [7, 11) is 0. The highest BCUT2D eigenvalue weighted by molar-refractivity contribution is 7.26. The Hall–Kier alpha value is -5.90. The van der Waals surface area contributed by atoms with E-state index in [1.807, 2.05) is 17.4 Å².